The number of carbonyl (C=O) groups is 1. The highest BCUT2D eigenvalue weighted by atomic mass is 16.2. The van der Waals surface area contributed by atoms with Crippen LogP contribution in [-0.2, 0) is 4.79 Å². The molecule has 2 aliphatic carbocycles. The summed E-state index contributed by atoms with van der Waals surface area (Å²) in [7, 11) is 0. The lowest BCUT2D eigenvalue weighted by Crippen LogP contribution is -2.18. The van der Waals surface area contributed by atoms with Crippen molar-refractivity contribution >= 4 is 11.6 Å². The Morgan fingerprint density at radius 1 is 1.17 bits per heavy atom. The molecule has 4 nitrogen and oxygen atoms in total. The summed E-state index contributed by atoms with van der Waals surface area (Å²) in [5.74, 6) is 1.75. The fourth-order valence-corrected chi connectivity index (χ4v) is 4.20. The molecular weight excluding hydrogens is 298 g/mol. The van der Waals surface area contributed by atoms with Gasteiger partial charge in [-0.3, -0.25) is 9.89 Å². The molecule has 1 heterocycles. The van der Waals surface area contributed by atoms with Gasteiger partial charge in [0.1, 0.15) is 5.69 Å². The van der Waals surface area contributed by atoms with E-state index in [1.165, 1.54) is 32.1 Å². The molecule has 1 amide bonds. The number of anilines is 1. The predicted octanol–water partition coefficient (Wildman–Crippen LogP) is 4.54. The summed E-state index contributed by atoms with van der Waals surface area (Å²) in [5.41, 5.74) is 3.60. The normalized spacial score (nSPS) is 23.9. The first-order valence-electron chi connectivity index (χ1n) is 9.15. The summed E-state index contributed by atoms with van der Waals surface area (Å²) >= 11 is 0. The number of H-pyrrole nitrogens is 1. The van der Waals surface area contributed by atoms with Crippen molar-refractivity contribution in [2.75, 3.05) is 5.32 Å². The van der Waals surface area contributed by atoms with E-state index in [0.29, 0.717) is 5.92 Å². The third-order valence-corrected chi connectivity index (χ3v) is 5.67. The second kappa shape index (κ2) is 6.42. The Labute approximate surface area is 143 Å². The minimum atomic E-state index is 0.173. The van der Waals surface area contributed by atoms with Gasteiger partial charge in [0, 0.05) is 11.5 Å². The van der Waals surface area contributed by atoms with Crippen LogP contribution in [0, 0.1) is 24.7 Å². The van der Waals surface area contributed by atoms with Crippen LogP contribution in [0.15, 0.2) is 30.3 Å². The van der Waals surface area contributed by atoms with Gasteiger partial charge < -0.3 is 5.32 Å². The van der Waals surface area contributed by atoms with E-state index in [-0.39, 0.29) is 11.8 Å². The number of benzene rings is 1. The molecular formula is C20H25N3O. The van der Waals surface area contributed by atoms with E-state index in [1.807, 2.05) is 37.3 Å². The zero-order valence-electron chi connectivity index (χ0n) is 14.2. The number of carbonyl (C=O) groups excluding carboxylic acids is 1. The molecule has 0 saturated heterocycles. The molecule has 2 aromatic rings. The SMILES string of the molecule is Cc1[nH]nc(-c2ccccc2)c1NC(=O)C1CC1C1CCCCC1. The maximum Gasteiger partial charge on any atom is 0.227 e. The smallest absolute Gasteiger partial charge is 0.227 e. The topological polar surface area (TPSA) is 57.8 Å². The molecule has 2 fully saturated rings. The van der Waals surface area contributed by atoms with Crippen LogP contribution in [0.1, 0.15) is 44.2 Å². The molecule has 0 aliphatic heterocycles. The van der Waals surface area contributed by atoms with Gasteiger partial charge in [-0.1, -0.05) is 62.4 Å². The Hall–Kier alpha value is -2.10. The third kappa shape index (κ3) is 2.97. The van der Waals surface area contributed by atoms with Crippen molar-refractivity contribution in [1.82, 2.24) is 10.2 Å². The van der Waals surface area contributed by atoms with Crippen molar-refractivity contribution in [3.05, 3.63) is 36.0 Å². The van der Waals surface area contributed by atoms with Crippen molar-refractivity contribution in [3.63, 3.8) is 0 Å². The van der Waals surface area contributed by atoms with Gasteiger partial charge in [-0.15, -0.1) is 0 Å². The summed E-state index contributed by atoms with van der Waals surface area (Å²) < 4.78 is 0. The molecule has 1 aromatic carbocycles. The number of hydrogen-bond acceptors (Lipinski definition) is 2. The van der Waals surface area contributed by atoms with Crippen LogP contribution in [0.2, 0.25) is 0 Å². The molecule has 126 valence electrons. The third-order valence-electron chi connectivity index (χ3n) is 5.67. The average molecular weight is 323 g/mol. The molecule has 2 N–H and O–H groups in total. The van der Waals surface area contributed by atoms with Crippen molar-refractivity contribution in [3.8, 4) is 11.3 Å². The van der Waals surface area contributed by atoms with Gasteiger partial charge in [0.15, 0.2) is 0 Å². The van der Waals surface area contributed by atoms with Gasteiger partial charge in [-0.2, -0.15) is 5.10 Å². The minimum absolute atomic E-state index is 0.173. The van der Waals surface area contributed by atoms with Crippen molar-refractivity contribution in [2.45, 2.75) is 45.4 Å². The second-order valence-electron chi connectivity index (χ2n) is 7.33. The lowest BCUT2D eigenvalue weighted by atomic mass is 9.85. The summed E-state index contributed by atoms with van der Waals surface area (Å²) in [6, 6.07) is 10.0. The fraction of sp³-hybridized carbons (Fsp3) is 0.500. The number of aromatic amines is 1. The lowest BCUT2D eigenvalue weighted by Gasteiger charge is -2.21. The minimum Gasteiger partial charge on any atom is -0.322 e. The van der Waals surface area contributed by atoms with Crippen molar-refractivity contribution in [2.24, 2.45) is 17.8 Å². The highest BCUT2D eigenvalue weighted by molar-refractivity contribution is 5.98. The summed E-state index contributed by atoms with van der Waals surface area (Å²) in [4.78, 5) is 12.7. The summed E-state index contributed by atoms with van der Waals surface area (Å²) in [5, 5.41) is 10.6. The summed E-state index contributed by atoms with van der Waals surface area (Å²) in [6.45, 7) is 1.96. The first-order chi connectivity index (χ1) is 11.7. The van der Waals surface area contributed by atoms with Gasteiger partial charge in [0.05, 0.1) is 11.4 Å². The first-order valence-corrected chi connectivity index (χ1v) is 9.15. The maximum absolute atomic E-state index is 12.7. The molecule has 0 bridgehead atoms. The number of aromatic nitrogens is 2. The van der Waals surface area contributed by atoms with Crippen LogP contribution in [0.25, 0.3) is 11.3 Å². The largest absolute Gasteiger partial charge is 0.322 e. The van der Waals surface area contributed by atoms with Gasteiger partial charge in [0.25, 0.3) is 0 Å². The van der Waals surface area contributed by atoms with E-state index in [0.717, 1.165) is 35.0 Å². The van der Waals surface area contributed by atoms with Gasteiger partial charge in [0.2, 0.25) is 5.91 Å². The van der Waals surface area contributed by atoms with Crippen LogP contribution < -0.4 is 5.32 Å². The fourth-order valence-electron chi connectivity index (χ4n) is 4.20. The van der Waals surface area contributed by atoms with Crippen LogP contribution in [-0.4, -0.2) is 16.1 Å². The zero-order chi connectivity index (χ0) is 16.5. The predicted molar refractivity (Wildman–Crippen MR) is 95.6 cm³/mol. The van der Waals surface area contributed by atoms with E-state index in [1.54, 1.807) is 0 Å². The molecule has 4 rings (SSSR count). The van der Waals surface area contributed by atoms with Gasteiger partial charge in [-0.25, -0.2) is 0 Å². The quantitative estimate of drug-likeness (QED) is 0.868. The number of hydrogen-bond donors (Lipinski definition) is 2. The Balaban J connectivity index is 1.46. The van der Waals surface area contributed by atoms with Crippen molar-refractivity contribution < 1.29 is 4.79 Å². The van der Waals surface area contributed by atoms with E-state index in [4.69, 9.17) is 0 Å². The second-order valence-corrected chi connectivity index (χ2v) is 7.33. The summed E-state index contributed by atoms with van der Waals surface area (Å²) in [6.07, 6.45) is 7.74. The molecule has 2 atom stereocenters. The van der Waals surface area contributed by atoms with E-state index in [9.17, 15) is 4.79 Å². The van der Waals surface area contributed by atoms with Crippen LogP contribution >= 0.6 is 0 Å². The molecule has 2 saturated carbocycles. The Kier molecular flexibility index (Phi) is 4.13. The van der Waals surface area contributed by atoms with Crippen LogP contribution in [0.5, 0.6) is 0 Å². The highest BCUT2D eigenvalue weighted by Crippen LogP contribution is 2.50. The molecule has 0 radical (unpaired) electrons. The molecule has 1 aromatic heterocycles. The Bertz CT molecular complexity index is 716. The zero-order valence-corrected chi connectivity index (χ0v) is 14.2. The maximum atomic E-state index is 12.7. The average Bonchev–Trinajstić information content (AvgIpc) is 3.36. The van der Waals surface area contributed by atoms with Gasteiger partial charge >= 0.3 is 0 Å². The molecule has 2 aliphatic rings. The molecule has 4 heteroatoms. The monoisotopic (exact) mass is 323 g/mol. The Morgan fingerprint density at radius 2 is 1.92 bits per heavy atom. The van der Waals surface area contributed by atoms with E-state index >= 15 is 0 Å². The highest BCUT2D eigenvalue weighted by Gasteiger charge is 2.47. The lowest BCUT2D eigenvalue weighted by molar-refractivity contribution is -0.117. The van der Waals surface area contributed by atoms with Crippen LogP contribution in [0.4, 0.5) is 5.69 Å². The van der Waals surface area contributed by atoms with E-state index in [2.05, 4.69) is 15.5 Å². The number of nitrogens with zero attached hydrogens (tertiary/aromatic N) is 1. The molecule has 24 heavy (non-hydrogen) atoms. The number of nitrogens with one attached hydrogen (secondary N) is 2. The Morgan fingerprint density at radius 3 is 2.67 bits per heavy atom. The molecule has 2 unspecified atom stereocenters. The first kappa shape index (κ1) is 15.4. The van der Waals surface area contributed by atoms with Crippen molar-refractivity contribution in [1.29, 1.82) is 0 Å². The standard InChI is InChI=1S/C20H25N3O/c1-13-18(19(23-22-13)15-10-6-3-7-11-15)21-20(24)17-12-16(17)14-8-4-2-5-9-14/h3,6-7,10-11,14,16-17H,2,4-5,8-9,12H2,1H3,(H,21,24)(H,22,23). The van der Waals surface area contributed by atoms with Crippen LogP contribution in [0.3, 0.4) is 0 Å². The number of aryl methyl sites for hydroxylation is 1. The molecule has 0 spiro atoms. The number of amides is 1. The van der Waals surface area contributed by atoms with Gasteiger partial charge in [-0.05, 0) is 25.2 Å². The number of rotatable bonds is 4. The van der Waals surface area contributed by atoms with E-state index < -0.39 is 0 Å².